The minimum absolute atomic E-state index is 0.0199. The van der Waals surface area contributed by atoms with Crippen LogP contribution in [0.1, 0.15) is 31.9 Å². The van der Waals surface area contributed by atoms with E-state index in [9.17, 15) is 13.5 Å². The van der Waals surface area contributed by atoms with E-state index in [1.165, 1.54) is 18.4 Å². The first-order chi connectivity index (χ1) is 9.28. The molecule has 0 heterocycles. The standard InChI is InChI=1S/C14H24N2O3S/c1-5-13(17)10-15-11(2)12-7-6-8-14(9-12)20(18,19)16(3)4/h6-9,11,13,15,17H,5,10H2,1-4H3/t11-,13-/m0/s1. The van der Waals surface area contributed by atoms with E-state index in [0.717, 1.165) is 5.56 Å². The van der Waals surface area contributed by atoms with Crippen molar-refractivity contribution in [3.63, 3.8) is 0 Å². The maximum absolute atomic E-state index is 12.1. The van der Waals surface area contributed by atoms with Crippen molar-refractivity contribution in [2.45, 2.75) is 37.3 Å². The number of hydrogen-bond acceptors (Lipinski definition) is 4. The van der Waals surface area contributed by atoms with E-state index in [4.69, 9.17) is 0 Å². The van der Waals surface area contributed by atoms with E-state index in [1.54, 1.807) is 18.2 Å². The van der Waals surface area contributed by atoms with Crippen LogP contribution in [0, 0.1) is 0 Å². The summed E-state index contributed by atoms with van der Waals surface area (Å²) in [5, 5.41) is 12.7. The first kappa shape index (κ1) is 17.1. The van der Waals surface area contributed by atoms with E-state index in [2.05, 4.69) is 5.32 Å². The minimum Gasteiger partial charge on any atom is -0.392 e. The summed E-state index contributed by atoms with van der Waals surface area (Å²) in [6, 6.07) is 6.86. The molecule has 0 saturated carbocycles. The first-order valence-corrected chi connectivity index (χ1v) is 8.17. The summed E-state index contributed by atoms with van der Waals surface area (Å²) < 4.78 is 25.4. The van der Waals surface area contributed by atoms with Gasteiger partial charge in [-0.1, -0.05) is 19.1 Å². The van der Waals surface area contributed by atoms with Crippen LogP contribution in [-0.4, -0.2) is 44.6 Å². The fourth-order valence-corrected chi connectivity index (χ4v) is 2.69. The second-order valence-electron chi connectivity index (χ2n) is 5.05. The van der Waals surface area contributed by atoms with Crippen LogP contribution in [0.2, 0.25) is 0 Å². The third-order valence-corrected chi connectivity index (χ3v) is 5.08. The average Bonchev–Trinajstić information content (AvgIpc) is 2.44. The maximum atomic E-state index is 12.1. The van der Waals surface area contributed by atoms with E-state index in [0.29, 0.717) is 13.0 Å². The predicted octanol–water partition coefficient (Wildman–Crippen LogP) is 1.36. The van der Waals surface area contributed by atoms with E-state index in [1.807, 2.05) is 19.9 Å². The molecule has 0 aliphatic rings. The number of sulfonamides is 1. The third-order valence-electron chi connectivity index (χ3n) is 3.27. The summed E-state index contributed by atoms with van der Waals surface area (Å²) >= 11 is 0. The molecule has 1 rings (SSSR count). The van der Waals surface area contributed by atoms with Gasteiger partial charge in [0.1, 0.15) is 0 Å². The highest BCUT2D eigenvalue weighted by Crippen LogP contribution is 2.19. The molecule has 0 spiro atoms. The lowest BCUT2D eigenvalue weighted by Gasteiger charge is -2.18. The molecule has 6 heteroatoms. The van der Waals surface area contributed by atoms with Crippen LogP contribution in [-0.2, 0) is 10.0 Å². The lowest BCUT2D eigenvalue weighted by molar-refractivity contribution is 0.163. The Balaban J connectivity index is 2.88. The molecule has 0 fully saturated rings. The zero-order valence-electron chi connectivity index (χ0n) is 12.5. The van der Waals surface area contributed by atoms with Crippen molar-refractivity contribution in [1.82, 2.24) is 9.62 Å². The van der Waals surface area contributed by atoms with E-state index in [-0.39, 0.29) is 17.0 Å². The molecular weight excluding hydrogens is 276 g/mol. The Labute approximate surface area is 121 Å². The van der Waals surface area contributed by atoms with E-state index >= 15 is 0 Å². The van der Waals surface area contributed by atoms with Crippen LogP contribution in [0.15, 0.2) is 29.2 Å². The average molecular weight is 300 g/mol. The molecule has 0 bridgehead atoms. The molecule has 20 heavy (non-hydrogen) atoms. The Morgan fingerprint density at radius 2 is 2.00 bits per heavy atom. The smallest absolute Gasteiger partial charge is 0.242 e. The van der Waals surface area contributed by atoms with Gasteiger partial charge in [0, 0.05) is 26.7 Å². The number of nitrogens with zero attached hydrogens (tertiary/aromatic N) is 1. The van der Waals surface area contributed by atoms with Gasteiger partial charge < -0.3 is 10.4 Å². The Morgan fingerprint density at radius 3 is 2.55 bits per heavy atom. The molecule has 114 valence electrons. The van der Waals surface area contributed by atoms with Crippen molar-refractivity contribution in [3.8, 4) is 0 Å². The van der Waals surface area contributed by atoms with Crippen LogP contribution < -0.4 is 5.32 Å². The quantitative estimate of drug-likeness (QED) is 0.798. The SMILES string of the molecule is CC[C@H](O)CN[C@@H](C)c1cccc(S(=O)(=O)N(C)C)c1. The normalized spacial score (nSPS) is 15.3. The zero-order chi connectivity index (χ0) is 15.3. The van der Waals surface area contributed by atoms with Crippen molar-refractivity contribution >= 4 is 10.0 Å². The predicted molar refractivity (Wildman–Crippen MR) is 80.0 cm³/mol. The fourth-order valence-electron chi connectivity index (χ4n) is 1.73. The molecule has 0 unspecified atom stereocenters. The Bertz CT molecular complexity index is 529. The molecule has 0 saturated heterocycles. The summed E-state index contributed by atoms with van der Waals surface area (Å²) in [6.45, 7) is 4.35. The molecule has 0 radical (unpaired) electrons. The van der Waals surface area contributed by atoms with E-state index < -0.39 is 10.0 Å². The molecule has 0 amide bonds. The van der Waals surface area contributed by atoms with Gasteiger partial charge in [-0.25, -0.2) is 12.7 Å². The molecule has 0 aromatic heterocycles. The van der Waals surface area contributed by atoms with Gasteiger partial charge >= 0.3 is 0 Å². The van der Waals surface area contributed by atoms with Gasteiger partial charge in [-0.2, -0.15) is 0 Å². The molecular formula is C14H24N2O3S. The highest BCUT2D eigenvalue weighted by Gasteiger charge is 2.18. The van der Waals surface area contributed by atoms with Gasteiger partial charge in [-0.3, -0.25) is 0 Å². The number of hydrogen-bond donors (Lipinski definition) is 2. The molecule has 1 aromatic carbocycles. The minimum atomic E-state index is -3.41. The van der Waals surface area contributed by atoms with Crippen LogP contribution in [0.25, 0.3) is 0 Å². The summed E-state index contributed by atoms with van der Waals surface area (Å²) in [5.74, 6) is 0. The third kappa shape index (κ3) is 4.28. The lowest BCUT2D eigenvalue weighted by atomic mass is 10.1. The number of benzene rings is 1. The van der Waals surface area contributed by atoms with Crippen molar-refractivity contribution in [1.29, 1.82) is 0 Å². The molecule has 5 nitrogen and oxygen atoms in total. The fraction of sp³-hybridized carbons (Fsp3) is 0.571. The highest BCUT2D eigenvalue weighted by atomic mass is 32.2. The number of rotatable bonds is 7. The van der Waals surface area contributed by atoms with Crippen molar-refractivity contribution < 1.29 is 13.5 Å². The summed E-state index contributed by atoms with van der Waals surface area (Å²) in [7, 11) is -0.382. The topological polar surface area (TPSA) is 69.6 Å². The second kappa shape index (κ2) is 7.17. The van der Waals surface area contributed by atoms with Crippen LogP contribution >= 0.6 is 0 Å². The number of aliphatic hydroxyl groups is 1. The maximum Gasteiger partial charge on any atom is 0.242 e. The summed E-state index contributed by atoms with van der Waals surface area (Å²) in [4.78, 5) is 0.282. The molecule has 1 aromatic rings. The van der Waals surface area contributed by atoms with Crippen LogP contribution in [0.3, 0.4) is 0 Å². The Morgan fingerprint density at radius 1 is 1.35 bits per heavy atom. The highest BCUT2D eigenvalue weighted by molar-refractivity contribution is 7.89. The second-order valence-corrected chi connectivity index (χ2v) is 7.20. The largest absolute Gasteiger partial charge is 0.392 e. The number of aliphatic hydroxyl groups excluding tert-OH is 1. The van der Waals surface area contributed by atoms with Crippen molar-refractivity contribution in [3.05, 3.63) is 29.8 Å². The lowest BCUT2D eigenvalue weighted by Crippen LogP contribution is -2.29. The monoisotopic (exact) mass is 300 g/mol. The van der Waals surface area contributed by atoms with Gasteiger partial charge in [0.05, 0.1) is 11.0 Å². The molecule has 0 aliphatic carbocycles. The van der Waals surface area contributed by atoms with Gasteiger partial charge in [-0.05, 0) is 31.0 Å². The van der Waals surface area contributed by atoms with Gasteiger partial charge in [0.25, 0.3) is 0 Å². The van der Waals surface area contributed by atoms with Gasteiger partial charge in [0.15, 0.2) is 0 Å². The first-order valence-electron chi connectivity index (χ1n) is 6.73. The van der Waals surface area contributed by atoms with Crippen molar-refractivity contribution in [2.24, 2.45) is 0 Å². The van der Waals surface area contributed by atoms with Gasteiger partial charge in [0.2, 0.25) is 10.0 Å². The van der Waals surface area contributed by atoms with Crippen LogP contribution in [0.5, 0.6) is 0 Å². The van der Waals surface area contributed by atoms with Crippen LogP contribution in [0.4, 0.5) is 0 Å². The Hall–Kier alpha value is -0.950. The van der Waals surface area contributed by atoms with Crippen molar-refractivity contribution in [2.75, 3.05) is 20.6 Å². The Kier molecular flexibility index (Phi) is 6.13. The molecule has 2 N–H and O–H groups in total. The summed E-state index contributed by atoms with van der Waals surface area (Å²) in [6.07, 6.45) is 0.306. The summed E-state index contributed by atoms with van der Waals surface area (Å²) in [5.41, 5.74) is 0.885. The van der Waals surface area contributed by atoms with Gasteiger partial charge in [-0.15, -0.1) is 0 Å². The molecule has 2 atom stereocenters. The number of nitrogens with one attached hydrogen (secondary N) is 1. The molecule has 0 aliphatic heterocycles. The zero-order valence-corrected chi connectivity index (χ0v) is 13.3.